The summed E-state index contributed by atoms with van der Waals surface area (Å²) >= 11 is 0. The van der Waals surface area contributed by atoms with Crippen LogP contribution in [0.4, 0.5) is 0 Å². The minimum absolute atomic E-state index is 0.505. The first-order valence-electron chi connectivity index (χ1n) is 6.68. The third-order valence-corrected chi connectivity index (χ3v) is 3.65. The first-order valence-corrected chi connectivity index (χ1v) is 6.68. The summed E-state index contributed by atoms with van der Waals surface area (Å²) in [7, 11) is 4.21. The van der Waals surface area contributed by atoms with Gasteiger partial charge >= 0.3 is 0 Å². The molecule has 2 rings (SSSR count). The quantitative estimate of drug-likeness (QED) is 0.857. The molecule has 1 N–H and O–H groups in total. The molecular weight excluding hydrogens is 224 g/mol. The van der Waals surface area contributed by atoms with Crippen molar-refractivity contribution in [2.24, 2.45) is 5.92 Å². The Morgan fingerprint density at radius 3 is 2.94 bits per heavy atom. The maximum absolute atomic E-state index is 5.54. The molecule has 0 saturated carbocycles. The standard InChI is InChI=1S/C15H24N2O/c1-12-5-4-6-13(7-12)8-17(3)9-14-10-18-11-15(14)16-2/h4-7,14-16H,8-11H2,1-3H3. The molecule has 1 saturated heterocycles. The van der Waals surface area contributed by atoms with Crippen molar-refractivity contribution in [3.8, 4) is 0 Å². The van der Waals surface area contributed by atoms with E-state index in [1.54, 1.807) is 0 Å². The Bertz CT molecular complexity index is 381. The lowest BCUT2D eigenvalue weighted by Crippen LogP contribution is -2.38. The van der Waals surface area contributed by atoms with E-state index >= 15 is 0 Å². The van der Waals surface area contributed by atoms with E-state index in [1.807, 2.05) is 7.05 Å². The first kappa shape index (κ1) is 13.5. The Labute approximate surface area is 110 Å². The van der Waals surface area contributed by atoms with Crippen LogP contribution in [0.3, 0.4) is 0 Å². The van der Waals surface area contributed by atoms with E-state index < -0.39 is 0 Å². The average Bonchev–Trinajstić information content (AvgIpc) is 2.76. The molecule has 0 amide bonds. The van der Waals surface area contributed by atoms with Crippen molar-refractivity contribution in [3.63, 3.8) is 0 Å². The van der Waals surface area contributed by atoms with Crippen molar-refractivity contribution in [1.29, 1.82) is 0 Å². The zero-order valence-corrected chi connectivity index (χ0v) is 11.6. The van der Waals surface area contributed by atoms with E-state index in [0.29, 0.717) is 12.0 Å². The molecule has 0 spiro atoms. The number of aryl methyl sites for hydroxylation is 1. The fraction of sp³-hybridized carbons (Fsp3) is 0.600. The fourth-order valence-electron chi connectivity index (χ4n) is 2.68. The van der Waals surface area contributed by atoms with Crippen molar-refractivity contribution < 1.29 is 4.74 Å². The smallest absolute Gasteiger partial charge is 0.0623 e. The van der Waals surface area contributed by atoms with Gasteiger partial charge < -0.3 is 15.0 Å². The maximum Gasteiger partial charge on any atom is 0.0623 e. The van der Waals surface area contributed by atoms with Crippen molar-refractivity contribution in [2.45, 2.75) is 19.5 Å². The molecule has 0 bridgehead atoms. The van der Waals surface area contributed by atoms with Crippen LogP contribution < -0.4 is 5.32 Å². The minimum Gasteiger partial charge on any atom is -0.379 e. The average molecular weight is 248 g/mol. The van der Waals surface area contributed by atoms with Crippen LogP contribution in [0.5, 0.6) is 0 Å². The Kier molecular flexibility index (Phi) is 4.75. The molecule has 2 unspecified atom stereocenters. The van der Waals surface area contributed by atoms with E-state index in [4.69, 9.17) is 4.74 Å². The van der Waals surface area contributed by atoms with E-state index in [2.05, 4.69) is 48.5 Å². The number of likely N-dealkylation sites (N-methyl/N-ethyl adjacent to an activating group) is 1. The summed E-state index contributed by atoms with van der Waals surface area (Å²) in [6, 6.07) is 9.24. The summed E-state index contributed by atoms with van der Waals surface area (Å²) in [5.74, 6) is 0.602. The molecule has 1 aliphatic rings. The Balaban J connectivity index is 1.86. The van der Waals surface area contributed by atoms with Gasteiger partial charge in [-0.1, -0.05) is 29.8 Å². The van der Waals surface area contributed by atoms with Crippen LogP contribution in [0, 0.1) is 12.8 Å². The molecule has 1 heterocycles. The first-order chi connectivity index (χ1) is 8.69. The molecular formula is C15H24N2O. The monoisotopic (exact) mass is 248 g/mol. The Morgan fingerprint density at radius 1 is 1.39 bits per heavy atom. The third kappa shape index (κ3) is 3.55. The molecule has 18 heavy (non-hydrogen) atoms. The van der Waals surface area contributed by atoms with E-state index in [1.165, 1.54) is 11.1 Å². The molecule has 1 fully saturated rings. The van der Waals surface area contributed by atoms with Gasteiger partial charge in [-0.2, -0.15) is 0 Å². The van der Waals surface area contributed by atoms with Crippen LogP contribution in [-0.4, -0.2) is 44.8 Å². The zero-order chi connectivity index (χ0) is 13.0. The van der Waals surface area contributed by atoms with Gasteiger partial charge in [0, 0.05) is 25.0 Å². The van der Waals surface area contributed by atoms with Crippen LogP contribution in [0.25, 0.3) is 0 Å². The molecule has 3 heteroatoms. The number of hydrogen-bond acceptors (Lipinski definition) is 3. The molecule has 2 atom stereocenters. The third-order valence-electron chi connectivity index (χ3n) is 3.65. The lowest BCUT2D eigenvalue weighted by Gasteiger charge is -2.24. The second-order valence-corrected chi connectivity index (χ2v) is 5.38. The van der Waals surface area contributed by atoms with Crippen molar-refractivity contribution in [2.75, 3.05) is 33.9 Å². The molecule has 1 aromatic rings. The Morgan fingerprint density at radius 2 is 2.22 bits per heavy atom. The van der Waals surface area contributed by atoms with Crippen LogP contribution in [0.2, 0.25) is 0 Å². The number of benzene rings is 1. The number of ether oxygens (including phenoxy) is 1. The van der Waals surface area contributed by atoms with Crippen LogP contribution in [0.15, 0.2) is 24.3 Å². The highest BCUT2D eigenvalue weighted by molar-refractivity contribution is 5.22. The maximum atomic E-state index is 5.54. The molecule has 1 aliphatic heterocycles. The topological polar surface area (TPSA) is 24.5 Å². The van der Waals surface area contributed by atoms with Gasteiger partial charge in [-0.25, -0.2) is 0 Å². The second-order valence-electron chi connectivity index (χ2n) is 5.38. The van der Waals surface area contributed by atoms with Gasteiger partial charge in [0.2, 0.25) is 0 Å². The van der Waals surface area contributed by atoms with E-state index in [0.717, 1.165) is 26.3 Å². The van der Waals surface area contributed by atoms with E-state index in [-0.39, 0.29) is 0 Å². The lowest BCUT2D eigenvalue weighted by molar-refractivity contribution is 0.172. The highest BCUT2D eigenvalue weighted by atomic mass is 16.5. The largest absolute Gasteiger partial charge is 0.379 e. The van der Waals surface area contributed by atoms with Gasteiger partial charge in [0.05, 0.1) is 13.2 Å². The SMILES string of the molecule is CNC1COCC1CN(C)Cc1cccc(C)c1. The molecule has 0 aromatic heterocycles. The number of nitrogens with zero attached hydrogens (tertiary/aromatic N) is 1. The summed E-state index contributed by atoms with van der Waals surface area (Å²) in [5.41, 5.74) is 2.72. The van der Waals surface area contributed by atoms with Gasteiger partial charge in [-0.3, -0.25) is 0 Å². The number of hydrogen-bond donors (Lipinski definition) is 1. The van der Waals surface area contributed by atoms with Gasteiger partial charge in [0.1, 0.15) is 0 Å². The molecule has 0 radical (unpaired) electrons. The summed E-state index contributed by atoms with van der Waals surface area (Å²) in [5, 5.41) is 3.34. The number of nitrogens with one attached hydrogen (secondary N) is 1. The summed E-state index contributed by atoms with van der Waals surface area (Å²) < 4.78 is 5.54. The van der Waals surface area contributed by atoms with Crippen LogP contribution in [0.1, 0.15) is 11.1 Å². The van der Waals surface area contributed by atoms with Gasteiger partial charge in [0.25, 0.3) is 0 Å². The van der Waals surface area contributed by atoms with Crippen molar-refractivity contribution in [3.05, 3.63) is 35.4 Å². The number of rotatable bonds is 5. The normalized spacial score (nSPS) is 23.8. The zero-order valence-electron chi connectivity index (χ0n) is 11.6. The molecule has 0 aliphatic carbocycles. The summed E-state index contributed by atoms with van der Waals surface area (Å²) in [6.07, 6.45) is 0. The highest BCUT2D eigenvalue weighted by Crippen LogP contribution is 2.16. The second kappa shape index (κ2) is 6.32. The molecule has 100 valence electrons. The Hall–Kier alpha value is -0.900. The van der Waals surface area contributed by atoms with Crippen LogP contribution >= 0.6 is 0 Å². The fourth-order valence-corrected chi connectivity index (χ4v) is 2.68. The molecule has 3 nitrogen and oxygen atoms in total. The van der Waals surface area contributed by atoms with Crippen LogP contribution in [-0.2, 0) is 11.3 Å². The minimum atomic E-state index is 0.505. The van der Waals surface area contributed by atoms with Gasteiger partial charge in [-0.05, 0) is 26.6 Å². The molecule has 1 aromatic carbocycles. The van der Waals surface area contributed by atoms with Gasteiger partial charge in [-0.15, -0.1) is 0 Å². The lowest BCUT2D eigenvalue weighted by atomic mass is 10.0. The summed E-state index contributed by atoms with van der Waals surface area (Å²) in [4.78, 5) is 2.39. The summed E-state index contributed by atoms with van der Waals surface area (Å²) in [6.45, 7) is 5.96. The van der Waals surface area contributed by atoms with Gasteiger partial charge in [0.15, 0.2) is 0 Å². The van der Waals surface area contributed by atoms with E-state index in [9.17, 15) is 0 Å². The van der Waals surface area contributed by atoms with Crippen molar-refractivity contribution in [1.82, 2.24) is 10.2 Å². The predicted octanol–water partition coefficient (Wildman–Crippen LogP) is 1.66. The predicted molar refractivity (Wildman–Crippen MR) is 74.7 cm³/mol. The highest BCUT2D eigenvalue weighted by Gasteiger charge is 2.27. The van der Waals surface area contributed by atoms with Crippen molar-refractivity contribution >= 4 is 0 Å².